The van der Waals surface area contributed by atoms with Crippen LogP contribution in [0.15, 0.2) is 119 Å². The molecule has 0 radical (unpaired) electrons. The molecule has 42 heavy (non-hydrogen) atoms. The van der Waals surface area contributed by atoms with Crippen molar-refractivity contribution >= 4 is 0 Å². The molecule has 5 rings (SSSR count). The summed E-state index contributed by atoms with van der Waals surface area (Å²) in [5.41, 5.74) is 0.201. The molecule has 0 spiro atoms. The van der Waals surface area contributed by atoms with Crippen LogP contribution in [0.1, 0.15) is 29.3 Å². The number of aliphatic hydroxyl groups excluding tert-OH is 1. The molecule has 5 atom stereocenters. The molecule has 218 valence electrons. The van der Waals surface area contributed by atoms with Crippen molar-refractivity contribution in [1.82, 2.24) is 9.55 Å². The highest BCUT2D eigenvalue weighted by molar-refractivity contribution is 5.48. The van der Waals surface area contributed by atoms with E-state index < -0.39 is 47.5 Å². The summed E-state index contributed by atoms with van der Waals surface area (Å²) in [6.45, 7) is 3.95. The average Bonchev–Trinajstić information content (AvgIpc) is 3.35. The number of nitrogens with zero attached hydrogens (tertiary/aromatic N) is 1. The van der Waals surface area contributed by atoms with Gasteiger partial charge in [0.1, 0.15) is 29.7 Å². The topological polar surface area (TPSA) is 112 Å². The second kappa shape index (κ2) is 12.7. The van der Waals surface area contributed by atoms with Crippen LogP contribution in [0.2, 0.25) is 0 Å². The van der Waals surface area contributed by atoms with E-state index in [1.165, 1.54) is 23.9 Å². The Kier molecular flexibility index (Phi) is 8.84. The fraction of sp³-hybridized carbons (Fsp3) is 0.273. The van der Waals surface area contributed by atoms with Crippen LogP contribution >= 0.6 is 0 Å². The minimum absolute atomic E-state index is 0.309. The first kappa shape index (κ1) is 29.2. The van der Waals surface area contributed by atoms with Gasteiger partial charge >= 0.3 is 5.69 Å². The van der Waals surface area contributed by atoms with Crippen LogP contribution in [0.5, 0.6) is 5.75 Å². The van der Waals surface area contributed by atoms with E-state index in [9.17, 15) is 14.7 Å². The highest BCUT2D eigenvalue weighted by Crippen LogP contribution is 2.44. The molecule has 2 heterocycles. The van der Waals surface area contributed by atoms with Gasteiger partial charge in [0, 0.05) is 19.4 Å². The van der Waals surface area contributed by atoms with Gasteiger partial charge in [0.25, 0.3) is 5.56 Å². The van der Waals surface area contributed by atoms with Crippen molar-refractivity contribution < 1.29 is 24.1 Å². The molecule has 1 fully saturated rings. The molecule has 0 amide bonds. The Morgan fingerprint density at radius 3 is 2.07 bits per heavy atom. The van der Waals surface area contributed by atoms with Gasteiger partial charge in [0.05, 0.1) is 13.2 Å². The Bertz CT molecular complexity index is 1550. The molecule has 3 aromatic carbocycles. The first-order chi connectivity index (χ1) is 20.4. The van der Waals surface area contributed by atoms with Crippen molar-refractivity contribution in [1.29, 1.82) is 0 Å². The molecule has 0 saturated carbocycles. The summed E-state index contributed by atoms with van der Waals surface area (Å²) in [4.78, 5) is 26.6. The third-order valence-electron chi connectivity index (χ3n) is 7.60. The normalized spacial score (nSPS) is 21.1. The maximum Gasteiger partial charge on any atom is 0.330 e. The maximum absolute atomic E-state index is 12.7. The Hall–Kier alpha value is -4.28. The van der Waals surface area contributed by atoms with Gasteiger partial charge in [-0.15, -0.1) is 6.58 Å². The number of nitrogens with one attached hydrogen (secondary N) is 1. The number of rotatable bonds is 11. The van der Waals surface area contributed by atoms with Crippen LogP contribution in [-0.2, 0) is 19.8 Å². The van der Waals surface area contributed by atoms with Crippen molar-refractivity contribution in [3.05, 3.63) is 147 Å². The van der Waals surface area contributed by atoms with Gasteiger partial charge in [-0.05, 0) is 35.2 Å². The number of aromatic amines is 1. The molecule has 1 aromatic heterocycles. The molecule has 9 nitrogen and oxygen atoms in total. The van der Waals surface area contributed by atoms with E-state index in [0.717, 1.165) is 16.7 Å². The number of aliphatic hydroxyl groups is 1. The maximum atomic E-state index is 12.7. The molecule has 1 aliphatic rings. The number of hydrogen-bond donors (Lipinski definition) is 2. The van der Waals surface area contributed by atoms with Gasteiger partial charge in [-0.25, -0.2) is 4.79 Å². The lowest BCUT2D eigenvalue weighted by atomic mass is 9.79. The zero-order valence-electron chi connectivity index (χ0n) is 23.5. The number of ether oxygens (including phenoxy) is 4. The first-order valence-corrected chi connectivity index (χ1v) is 13.6. The van der Waals surface area contributed by atoms with Crippen LogP contribution in [-0.4, -0.2) is 53.3 Å². The lowest BCUT2D eigenvalue weighted by molar-refractivity contribution is -0.143. The summed E-state index contributed by atoms with van der Waals surface area (Å²) in [5, 5.41) is 11.5. The highest BCUT2D eigenvalue weighted by Gasteiger charge is 2.51. The summed E-state index contributed by atoms with van der Waals surface area (Å²) in [6, 6.07) is 28.5. The van der Waals surface area contributed by atoms with Gasteiger partial charge in [0.2, 0.25) is 0 Å². The molecule has 1 aliphatic heterocycles. The van der Waals surface area contributed by atoms with Crippen LogP contribution < -0.4 is 16.0 Å². The molecule has 0 bridgehead atoms. The monoisotopic (exact) mass is 570 g/mol. The van der Waals surface area contributed by atoms with Crippen molar-refractivity contribution in [2.24, 2.45) is 0 Å². The summed E-state index contributed by atoms with van der Waals surface area (Å²) in [6.07, 6.45) is -1.45. The quantitative estimate of drug-likeness (QED) is 0.209. The SMILES string of the molecule is C=CC[C@H](OC(c1ccccc1)(c1ccccc1)c1ccc(OC)cc1)[C@H]1O[C@@H](n2ccc(=O)[nH]c2=O)[C@H](OC)[C@@H]1O. The second-order valence-electron chi connectivity index (χ2n) is 10.0. The van der Waals surface area contributed by atoms with Gasteiger partial charge in [-0.3, -0.25) is 14.3 Å². The lowest BCUT2D eigenvalue weighted by Crippen LogP contribution is -2.46. The third kappa shape index (κ3) is 5.47. The van der Waals surface area contributed by atoms with E-state index in [-0.39, 0.29) is 0 Å². The molecule has 0 unspecified atom stereocenters. The van der Waals surface area contributed by atoms with Crippen LogP contribution in [0, 0.1) is 0 Å². The molecule has 0 aliphatic carbocycles. The number of H-pyrrole nitrogens is 1. The van der Waals surface area contributed by atoms with Gasteiger partial charge < -0.3 is 24.1 Å². The Morgan fingerprint density at radius 1 is 0.952 bits per heavy atom. The fourth-order valence-electron chi connectivity index (χ4n) is 5.61. The minimum atomic E-state index is -1.18. The Labute approximate surface area is 243 Å². The van der Waals surface area contributed by atoms with E-state index in [4.69, 9.17) is 18.9 Å². The molecule has 1 saturated heterocycles. The standard InChI is InChI=1S/C33H34N2O7/c1-4-11-26(29-28(37)30(40-3)31(41-29)35-21-20-27(36)34-32(35)38)42-33(22-12-7-5-8-13-22,23-14-9-6-10-15-23)24-16-18-25(39-2)19-17-24/h4-10,12-21,26,28-31,37H,1,11H2,2-3H3,(H,34,36,38)/t26-,28+,29+,30+,31+/m0/s1. The molecular formula is C33H34N2O7. The Morgan fingerprint density at radius 2 is 1.55 bits per heavy atom. The molecule has 9 heteroatoms. The number of hydrogen-bond acceptors (Lipinski definition) is 7. The van der Waals surface area contributed by atoms with Gasteiger partial charge in [-0.1, -0.05) is 78.9 Å². The van der Waals surface area contributed by atoms with Gasteiger partial charge in [0.15, 0.2) is 6.23 Å². The predicted octanol–water partition coefficient (Wildman–Crippen LogP) is 3.77. The zero-order chi connectivity index (χ0) is 29.7. The summed E-state index contributed by atoms with van der Waals surface area (Å²) < 4.78 is 25.8. The number of methoxy groups -OCH3 is 2. The predicted molar refractivity (Wildman–Crippen MR) is 157 cm³/mol. The van der Waals surface area contributed by atoms with Crippen molar-refractivity contribution in [2.45, 2.75) is 42.7 Å². The van der Waals surface area contributed by atoms with E-state index in [2.05, 4.69) is 11.6 Å². The lowest BCUT2D eigenvalue weighted by Gasteiger charge is -2.40. The van der Waals surface area contributed by atoms with E-state index in [0.29, 0.717) is 12.2 Å². The smallest absolute Gasteiger partial charge is 0.330 e. The molecule has 2 N–H and O–H groups in total. The van der Waals surface area contributed by atoms with E-state index in [1.807, 2.05) is 84.9 Å². The second-order valence-corrected chi connectivity index (χ2v) is 10.0. The first-order valence-electron chi connectivity index (χ1n) is 13.6. The number of aromatic nitrogens is 2. The summed E-state index contributed by atoms with van der Waals surface area (Å²) in [5.74, 6) is 0.697. The summed E-state index contributed by atoms with van der Waals surface area (Å²) in [7, 11) is 3.05. The van der Waals surface area contributed by atoms with Crippen molar-refractivity contribution in [3.63, 3.8) is 0 Å². The van der Waals surface area contributed by atoms with Gasteiger partial charge in [-0.2, -0.15) is 0 Å². The van der Waals surface area contributed by atoms with Crippen LogP contribution in [0.3, 0.4) is 0 Å². The zero-order valence-corrected chi connectivity index (χ0v) is 23.5. The molecule has 4 aromatic rings. The fourth-order valence-corrected chi connectivity index (χ4v) is 5.61. The van der Waals surface area contributed by atoms with Crippen LogP contribution in [0.25, 0.3) is 0 Å². The largest absolute Gasteiger partial charge is 0.497 e. The van der Waals surface area contributed by atoms with E-state index in [1.54, 1.807) is 13.2 Å². The Balaban J connectivity index is 1.65. The highest BCUT2D eigenvalue weighted by atomic mass is 16.6. The minimum Gasteiger partial charge on any atom is -0.497 e. The van der Waals surface area contributed by atoms with E-state index >= 15 is 0 Å². The van der Waals surface area contributed by atoms with Crippen molar-refractivity contribution in [3.8, 4) is 5.75 Å². The molecular weight excluding hydrogens is 536 g/mol. The third-order valence-corrected chi connectivity index (χ3v) is 7.60. The number of benzene rings is 3. The average molecular weight is 571 g/mol. The summed E-state index contributed by atoms with van der Waals surface area (Å²) >= 11 is 0. The van der Waals surface area contributed by atoms with Crippen LogP contribution in [0.4, 0.5) is 0 Å². The van der Waals surface area contributed by atoms with Crippen molar-refractivity contribution in [2.75, 3.05) is 14.2 Å².